The molecule has 0 fully saturated rings. The van der Waals surface area contributed by atoms with Crippen LogP contribution in [0.15, 0.2) is 77.0 Å². The number of aromatic nitrogens is 1. The van der Waals surface area contributed by atoms with Crippen molar-refractivity contribution in [3.05, 3.63) is 77.7 Å². The topological polar surface area (TPSA) is 76.6 Å². The molecule has 0 spiro atoms. The van der Waals surface area contributed by atoms with Gasteiger partial charge in [0.15, 0.2) is 9.84 Å². The number of amides is 1. The van der Waals surface area contributed by atoms with Gasteiger partial charge < -0.3 is 9.64 Å². The van der Waals surface area contributed by atoms with E-state index in [9.17, 15) is 13.2 Å². The van der Waals surface area contributed by atoms with E-state index in [0.29, 0.717) is 30.9 Å². The number of ether oxygens (including phenoxy) is 1. The smallest absolute Gasteiger partial charge is 0.254 e. The summed E-state index contributed by atoms with van der Waals surface area (Å²) in [6, 6.07) is 19.9. The number of sulfone groups is 1. The van der Waals surface area contributed by atoms with Crippen molar-refractivity contribution in [2.24, 2.45) is 0 Å². The Balaban J connectivity index is 1.44. The largest absolute Gasteiger partial charge is 0.493 e. The Morgan fingerprint density at radius 2 is 1.88 bits per heavy atom. The second-order valence-corrected chi connectivity index (χ2v) is 10.7. The summed E-state index contributed by atoms with van der Waals surface area (Å²) < 4.78 is 29.1. The Morgan fingerprint density at radius 1 is 1.06 bits per heavy atom. The predicted molar refractivity (Wildman–Crippen MR) is 132 cm³/mol. The number of rotatable bonds is 8. The highest BCUT2D eigenvalue weighted by Crippen LogP contribution is 2.28. The standard InChI is InChI=1S/C25H24N2O4S2/c1-27(13-7-14-31-18-8-5-9-19(16-18)33(2,29)30)25(28)21-17-23(24-12-6-15-32-24)26-22-11-4-3-10-20(21)22/h3-6,8-12,15-17H,7,13-14H2,1-2H3. The average Bonchev–Trinajstić information content (AvgIpc) is 3.35. The molecule has 0 saturated carbocycles. The normalized spacial score (nSPS) is 11.5. The molecule has 4 aromatic rings. The molecular formula is C25H24N2O4S2. The minimum Gasteiger partial charge on any atom is -0.493 e. The molecule has 170 valence electrons. The summed E-state index contributed by atoms with van der Waals surface area (Å²) in [7, 11) is -1.52. The lowest BCUT2D eigenvalue weighted by Crippen LogP contribution is -2.29. The maximum absolute atomic E-state index is 13.3. The van der Waals surface area contributed by atoms with E-state index in [2.05, 4.69) is 0 Å². The first-order chi connectivity index (χ1) is 15.8. The summed E-state index contributed by atoms with van der Waals surface area (Å²) in [4.78, 5) is 20.9. The molecule has 0 aliphatic rings. The van der Waals surface area contributed by atoms with Gasteiger partial charge in [-0.3, -0.25) is 4.79 Å². The van der Waals surface area contributed by atoms with Crippen molar-refractivity contribution >= 4 is 38.0 Å². The fraction of sp³-hybridized carbons (Fsp3) is 0.200. The van der Waals surface area contributed by atoms with E-state index >= 15 is 0 Å². The quantitative estimate of drug-likeness (QED) is 0.335. The molecule has 0 unspecified atom stereocenters. The molecule has 0 atom stereocenters. The van der Waals surface area contributed by atoms with Crippen molar-refractivity contribution in [2.75, 3.05) is 26.5 Å². The molecule has 0 N–H and O–H groups in total. The van der Waals surface area contributed by atoms with Crippen LogP contribution >= 0.6 is 11.3 Å². The van der Waals surface area contributed by atoms with Crippen LogP contribution in [0.3, 0.4) is 0 Å². The van der Waals surface area contributed by atoms with E-state index in [4.69, 9.17) is 9.72 Å². The van der Waals surface area contributed by atoms with Gasteiger partial charge in [0.25, 0.3) is 5.91 Å². The van der Waals surface area contributed by atoms with Gasteiger partial charge >= 0.3 is 0 Å². The van der Waals surface area contributed by atoms with Crippen molar-refractivity contribution in [1.82, 2.24) is 9.88 Å². The Hall–Kier alpha value is -3.23. The third-order valence-corrected chi connectivity index (χ3v) is 7.21. The monoisotopic (exact) mass is 480 g/mol. The lowest BCUT2D eigenvalue weighted by molar-refractivity contribution is 0.0789. The number of nitrogens with zero attached hydrogens (tertiary/aromatic N) is 2. The number of para-hydroxylation sites is 1. The molecule has 0 aliphatic carbocycles. The zero-order valence-corrected chi connectivity index (χ0v) is 20.0. The minimum absolute atomic E-state index is 0.0783. The van der Waals surface area contributed by atoms with E-state index in [0.717, 1.165) is 21.5 Å². The predicted octanol–water partition coefficient (Wildman–Crippen LogP) is 4.91. The fourth-order valence-corrected chi connectivity index (χ4v) is 4.84. The summed E-state index contributed by atoms with van der Waals surface area (Å²) in [5.74, 6) is 0.415. The Kier molecular flexibility index (Phi) is 6.76. The Bertz CT molecular complexity index is 1380. The molecule has 2 aromatic carbocycles. The molecule has 4 rings (SSSR count). The SMILES string of the molecule is CN(CCCOc1cccc(S(C)(=O)=O)c1)C(=O)c1cc(-c2cccs2)nc2ccccc12. The van der Waals surface area contributed by atoms with E-state index in [1.54, 1.807) is 35.4 Å². The lowest BCUT2D eigenvalue weighted by Gasteiger charge is -2.19. The molecular weight excluding hydrogens is 456 g/mol. The maximum atomic E-state index is 13.3. The summed E-state index contributed by atoms with van der Waals surface area (Å²) in [6.07, 6.45) is 1.77. The van der Waals surface area contributed by atoms with E-state index in [-0.39, 0.29) is 10.8 Å². The number of thiophene rings is 1. The first kappa shape index (κ1) is 22.9. The highest BCUT2D eigenvalue weighted by molar-refractivity contribution is 7.90. The molecule has 0 radical (unpaired) electrons. The van der Waals surface area contributed by atoms with Crippen LogP contribution in [0.4, 0.5) is 0 Å². The molecule has 2 aromatic heterocycles. The lowest BCUT2D eigenvalue weighted by atomic mass is 10.1. The van der Waals surface area contributed by atoms with Crippen LogP contribution in [-0.4, -0.2) is 50.7 Å². The van der Waals surface area contributed by atoms with Gasteiger partial charge in [-0.25, -0.2) is 13.4 Å². The molecule has 33 heavy (non-hydrogen) atoms. The van der Waals surface area contributed by atoms with Gasteiger partial charge in [-0.1, -0.05) is 30.3 Å². The number of benzene rings is 2. The van der Waals surface area contributed by atoms with Crippen molar-refractivity contribution in [2.45, 2.75) is 11.3 Å². The van der Waals surface area contributed by atoms with Gasteiger partial charge in [0.05, 0.1) is 33.2 Å². The van der Waals surface area contributed by atoms with Gasteiger partial charge in [0.1, 0.15) is 5.75 Å². The molecule has 0 bridgehead atoms. The van der Waals surface area contributed by atoms with Crippen molar-refractivity contribution < 1.29 is 17.9 Å². The van der Waals surface area contributed by atoms with Crippen LogP contribution < -0.4 is 4.74 Å². The second kappa shape index (κ2) is 9.72. The van der Waals surface area contributed by atoms with Crippen LogP contribution in [0.5, 0.6) is 5.75 Å². The number of carbonyl (C=O) groups is 1. The van der Waals surface area contributed by atoms with Gasteiger partial charge in [-0.2, -0.15) is 0 Å². The van der Waals surface area contributed by atoms with Crippen molar-refractivity contribution in [1.29, 1.82) is 0 Å². The second-order valence-electron chi connectivity index (χ2n) is 7.73. The highest BCUT2D eigenvalue weighted by Gasteiger charge is 2.17. The third kappa shape index (κ3) is 5.40. The van der Waals surface area contributed by atoms with E-state index in [1.807, 2.05) is 47.8 Å². The zero-order chi connectivity index (χ0) is 23.4. The van der Waals surface area contributed by atoms with Crippen LogP contribution in [0.1, 0.15) is 16.8 Å². The molecule has 2 heterocycles. The summed E-state index contributed by atoms with van der Waals surface area (Å²) in [5.41, 5.74) is 2.19. The van der Waals surface area contributed by atoms with Gasteiger partial charge in [0.2, 0.25) is 0 Å². The molecule has 8 heteroatoms. The van der Waals surface area contributed by atoms with Crippen LogP contribution in [0.25, 0.3) is 21.5 Å². The third-order valence-electron chi connectivity index (χ3n) is 5.21. The van der Waals surface area contributed by atoms with Crippen molar-refractivity contribution in [3.8, 4) is 16.3 Å². The van der Waals surface area contributed by atoms with Crippen LogP contribution in [0, 0.1) is 0 Å². The molecule has 1 amide bonds. The number of carbonyl (C=O) groups excluding carboxylic acids is 1. The van der Waals surface area contributed by atoms with Gasteiger partial charge in [-0.15, -0.1) is 11.3 Å². The zero-order valence-electron chi connectivity index (χ0n) is 18.4. The van der Waals surface area contributed by atoms with Crippen molar-refractivity contribution in [3.63, 3.8) is 0 Å². The van der Waals surface area contributed by atoms with Crippen LogP contribution in [0.2, 0.25) is 0 Å². The molecule has 6 nitrogen and oxygen atoms in total. The first-order valence-corrected chi connectivity index (χ1v) is 13.2. The number of fused-ring (bicyclic) bond motifs is 1. The average molecular weight is 481 g/mol. The number of hydrogen-bond acceptors (Lipinski definition) is 6. The Labute approximate surface area is 197 Å². The van der Waals surface area contributed by atoms with E-state index < -0.39 is 9.84 Å². The number of hydrogen-bond donors (Lipinski definition) is 0. The maximum Gasteiger partial charge on any atom is 0.254 e. The Morgan fingerprint density at radius 3 is 2.64 bits per heavy atom. The van der Waals surface area contributed by atoms with E-state index in [1.165, 1.54) is 18.4 Å². The van der Waals surface area contributed by atoms with Gasteiger partial charge in [-0.05, 0) is 48.2 Å². The summed E-state index contributed by atoms with van der Waals surface area (Å²) >= 11 is 1.59. The fourth-order valence-electron chi connectivity index (χ4n) is 3.50. The number of pyridine rings is 1. The summed E-state index contributed by atoms with van der Waals surface area (Å²) in [5, 5.41) is 2.81. The minimum atomic E-state index is -3.29. The first-order valence-electron chi connectivity index (χ1n) is 10.4. The van der Waals surface area contributed by atoms with Crippen LogP contribution in [-0.2, 0) is 9.84 Å². The molecule has 0 aliphatic heterocycles. The van der Waals surface area contributed by atoms with Gasteiger partial charge in [0, 0.05) is 25.2 Å². The molecule has 0 saturated heterocycles. The summed E-state index contributed by atoms with van der Waals surface area (Å²) in [6.45, 7) is 0.859. The highest BCUT2D eigenvalue weighted by atomic mass is 32.2.